The van der Waals surface area contributed by atoms with Crippen molar-refractivity contribution in [2.45, 2.75) is 13.4 Å². The lowest BCUT2D eigenvalue weighted by atomic mass is 9.38. The summed E-state index contributed by atoms with van der Waals surface area (Å²) in [6.45, 7) is 2.09. The van der Waals surface area contributed by atoms with Crippen molar-refractivity contribution in [3.05, 3.63) is 29.8 Å². The fraction of sp³-hybridized carbons (Fsp3) is 0.250. The van der Waals surface area contributed by atoms with Gasteiger partial charge in [-0.1, -0.05) is 36.6 Å². The minimum absolute atomic E-state index is 0.116. The molecule has 0 atom stereocenters. The van der Waals surface area contributed by atoms with Crippen molar-refractivity contribution in [2.24, 2.45) is 0 Å². The predicted octanol–water partition coefficient (Wildman–Crippen LogP) is 0.176. The molecular weight excluding hydrogens is 134 g/mol. The normalized spacial score (nSPS) is 9.27. The number of rotatable bonds is 3. The van der Waals surface area contributed by atoms with Crippen LogP contribution < -0.4 is 5.46 Å². The molecule has 11 heavy (non-hydrogen) atoms. The molecule has 0 saturated carbocycles. The first-order valence-corrected chi connectivity index (χ1v) is 3.69. The van der Waals surface area contributed by atoms with Gasteiger partial charge in [-0.15, -0.1) is 0 Å². The minimum Gasteiger partial charge on any atom is -0.392 e. The Bertz CT molecular complexity index is 225. The molecule has 0 aliphatic heterocycles. The molecule has 0 aliphatic carbocycles. The summed E-state index contributed by atoms with van der Waals surface area (Å²) in [4.78, 5) is 0. The maximum Gasteiger partial charge on any atom is 0.106 e. The van der Waals surface area contributed by atoms with Crippen molar-refractivity contribution < 1.29 is 5.11 Å². The summed E-state index contributed by atoms with van der Waals surface area (Å²) in [6.07, 6.45) is 0. The molecule has 1 aromatic rings. The summed E-state index contributed by atoms with van der Waals surface area (Å²) in [7, 11) is 4.00. The molecule has 0 aliphatic rings. The van der Waals surface area contributed by atoms with E-state index in [9.17, 15) is 0 Å². The number of hydrogen-bond acceptors (Lipinski definition) is 1. The third kappa shape index (κ3) is 2.43. The van der Waals surface area contributed by atoms with Crippen molar-refractivity contribution in [3.8, 4) is 0 Å². The fourth-order valence-corrected chi connectivity index (χ4v) is 0.988. The fourth-order valence-electron chi connectivity index (χ4n) is 0.988. The second-order valence-corrected chi connectivity index (χ2v) is 2.40. The zero-order valence-corrected chi connectivity index (χ0v) is 6.62. The Balaban J connectivity index is 2.74. The molecule has 1 aromatic carbocycles. The molecule has 3 heteroatoms. The highest BCUT2D eigenvalue weighted by atomic mass is 16.3. The molecule has 0 fully saturated rings. The van der Waals surface area contributed by atoms with Gasteiger partial charge in [-0.25, -0.2) is 0 Å². The maximum atomic E-state index is 8.81. The summed E-state index contributed by atoms with van der Waals surface area (Å²) in [5, 5.41) is 8.81. The molecule has 1 rings (SSSR count). The SMILES string of the molecule is C[B][B]c1cccc(CO)c1. The van der Waals surface area contributed by atoms with Crippen LogP contribution in [0.4, 0.5) is 0 Å². The Morgan fingerprint density at radius 1 is 1.45 bits per heavy atom. The van der Waals surface area contributed by atoms with E-state index in [0.29, 0.717) is 0 Å². The van der Waals surface area contributed by atoms with Crippen LogP contribution in [0.5, 0.6) is 0 Å². The lowest BCUT2D eigenvalue weighted by Crippen LogP contribution is -2.18. The predicted molar refractivity (Wildman–Crippen MR) is 49.4 cm³/mol. The average molecular weight is 144 g/mol. The van der Waals surface area contributed by atoms with E-state index in [1.54, 1.807) is 0 Å². The molecule has 0 unspecified atom stereocenters. The van der Waals surface area contributed by atoms with E-state index in [1.165, 1.54) is 0 Å². The van der Waals surface area contributed by atoms with E-state index in [0.717, 1.165) is 11.0 Å². The van der Waals surface area contributed by atoms with Crippen LogP contribution >= 0.6 is 0 Å². The van der Waals surface area contributed by atoms with E-state index >= 15 is 0 Å². The van der Waals surface area contributed by atoms with Crippen molar-refractivity contribution in [2.75, 3.05) is 0 Å². The van der Waals surface area contributed by atoms with Gasteiger partial charge in [0.1, 0.15) is 7.17 Å². The summed E-state index contributed by atoms with van der Waals surface area (Å²) >= 11 is 0. The van der Waals surface area contributed by atoms with Crippen LogP contribution in [0.15, 0.2) is 24.3 Å². The molecule has 54 valence electrons. The van der Waals surface area contributed by atoms with Gasteiger partial charge in [0.25, 0.3) is 0 Å². The number of hydrogen-bond donors (Lipinski definition) is 1. The summed E-state index contributed by atoms with van der Waals surface area (Å²) < 4.78 is 0. The van der Waals surface area contributed by atoms with Crippen LogP contribution in [0.25, 0.3) is 0 Å². The van der Waals surface area contributed by atoms with Crippen molar-refractivity contribution in [1.82, 2.24) is 0 Å². The summed E-state index contributed by atoms with van der Waals surface area (Å²) in [5.41, 5.74) is 2.10. The van der Waals surface area contributed by atoms with Gasteiger partial charge in [0.2, 0.25) is 0 Å². The Morgan fingerprint density at radius 2 is 2.27 bits per heavy atom. The molecule has 0 aromatic heterocycles. The third-order valence-corrected chi connectivity index (χ3v) is 1.49. The van der Waals surface area contributed by atoms with Crippen LogP contribution in [-0.4, -0.2) is 19.4 Å². The van der Waals surface area contributed by atoms with Crippen molar-refractivity contribution >= 4 is 19.8 Å². The Morgan fingerprint density at radius 3 is 2.91 bits per heavy atom. The van der Waals surface area contributed by atoms with E-state index in [4.69, 9.17) is 5.11 Å². The molecule has 0 saturated heterocycles. The molecule has 1 N–H and O–H groups in total. The van der Waals surface area contributed by atoms with Crippen LogP contribution in [0.2, 0.25) is 6.82 Å². The van der Waals surface area contributed by atoms with E-state index < -0.39 is 0 Å². The van der Waals surface area contributed by atoms with Crippen molar-refractivity contribution in [3.63, 3.8) is 0 Å². The van der Waals surface area contributed by atoms with Gasteiger partial charge in [-0.05, 0) is 5.56 Å². The first kappa shape index (κ1) is 8.41. The van der Waals surface area contributed by atoms with Gasteiger partial charge in [0, 0.05) is 0 Å². The first-order valence-electron chi connectivity index (χ1n) is 3.69. The monoisotopic (exact) mass is 144 g/mol. The van der Waals surface area contributed by atoms with Crippen LogP contribution in [0.3, 0.4) is 0 Å². The van der Waals surface area contributed by atoms with E-state index in [1.807, 2.05) is 45.4 Å². The number of benzene rings is 1. The molecule has 0 amide bonds. The first-order chi connectivity index (χ1) is 5.36. The minimum atomic E-state index is 0.116. The van der Waals surface area contributed by atoms with Crippen LogP contribution in [0.1, 0.15) is 5.56 Å². The molecule has 1 nitrogen and oxygen atoms in total. The summed E-state index contributed by atoms with van der Waals surface area (Å²) in [6, 6.07) is 7.84. The zero-order valence-electron chi connectivity index (χ0n) is 6.62. The topological polar surface area (TPSA) is 20.2 Å². The van der Waals surface area contributed by atoms with Gasteiger partial charge in [-0.3, -0.25) is 0 Å². The highest BCUT2D eigenvalue weighted by Gasteiger charge is 1.93. The Kier molecular flexibility index (Phi) is 3.24. The molecule has 0 heterocycles. The highest BCUT2D eigenvalue weighted by molar-refractivity contribution is 7.06. The number of aliphatic hydroxyl groups excluding tert-OH is 1. The third-order valence-electron chi connectivity index (χ3n) is 1.49. The van der Waals surface area contributed by atoms with Gasteiger partial charge in [0.05, 0.1) is 13.8 Å². The average Bonchev–Trinajstić information content (AvgIpc) is 2.06. The van der Waals surface area contributed by atoms with Gasteiger partial charge >= 0.3 is 0 Å². The van der Waals surface area contributed by atoms with E-state index in [-0.39, 0.29) is 6.61 Å². The molecule has 2 radical (unpaired) electrons. The molecular formula is C8H10B2O. The molecule has 0 bridgehead atoms. The standard InChI is InChI=1S/C8H10B2O/c1-9-10-8-4-2-3-7(5-8)6-11/h2-5,11H,6H2,1H3. The largest absolute Gasteiger partial charge is 0.392 e. The second-order valence-electron chi connectivity index (χ2n) is 2.40. The smallest absolute Gasteiger partial charge is 0.106 e. The lowest BCUT2D eigenvalue weighted by Gasteiger charge is -1.99. The number of aliphatic hydroxyl groups is 1. The maximum absolute atomic E-state index is 8.81. The van der Waals surface area contributed by atoms with Gasteiger partial charge in [-0.2, -0.15) is 0 Å². The van der Waals surface area contributed by atoms with E-state index in [2.05, 4.69) is 0 Å². The lowest BCUT2D eigenvalue weighted by molar-refractivity contribution is 0.282. The zero-order chi connectivity index (χ0) is 8.10. The van der Waals surface area contributed by atoms with Crippen LogP contribution in [0, 0.1) is 0 Å². The second kappa shape index (κ2) is 4.24. The van der Waals surface area contributed by atoms with Crippen molar-refractivity contribution in [1.29, 1.82) is 0 Å². The van der Waals surface area contributed by atoms with Crippen LogP contribution in [-0.2, 0) is 6.61 Å². The molecule has 0 spiro atoms. The quantitative estimate of drug-likeness (QED) is 0.599. The van der Waals surface area contributed by atoms with Gasteiger partial charge in [0.15, 0.2) is 0 Å². The summed E-state index contributed by atoms with van der Waals surface area (Å²) in [5.74, 6) is 0. The highest BCUT2D eigenvalue weighted by Crippen LogP contribution is 1.94. The Hall–Kier alpha value is -0.690. The Labute approximate surface area is 68.9 Å². The van der Waals surface area contributed by atoms with Gasteiger partial charge < -0.3 is 5.11 Å².